The monoisotopic (exact) mass is 755 g/mol. The zero-order valence-electron chi connectivity index (χ0n) is 31.7. The van der Waals surface area contributed by atoms with Gasteiger partial charge < -0.3 is 9.30 Å². The van der Waals surface area contributed by atoms with Gasteiger partial charge in [-0.3, -0.25) is 0 Å². The highest BCUT2D eigenvalue weighted by molar-refractivity contribution is 7.20. The van der Waals surface area contributed by atoms with Crippen LogP contribution >= 0.6 is 0 Å². The quantitative estimate of drug-likeness (QED) is 0.163. The second-order valence-corrected chi connectivity index (χ2v) is 19.3. The van der Waals surface area contributed by atoms with Gasteiger partial charge in [0.05, 0.1) is 16.4 Å². The minimum atomic E-state index is -2.82. The van der Waals surface area contributed by atoms with Crippen LogP contribution in [0.25, 0.3) is 38.6 Å². The van der Waals surface area contributed by atoms with Gasteiger partial charge in [-0.15, -0.1) is 0 Å². The number of benzene rings is 9. The molecule has 1 spiro atoms. The lowest BCUT2D eigenvalue weighted by molar-refractivity contribution is 0.435. The third kappa shape index (κ3) is 4.42. The van der Waals surface area contributed by atoms with Crippen molar-refractivity contribution >= 4 is 50.6 Å². The first-order valence-corrected chi connectivity index (χ1v) is 22.1. The van der Waals surface area contributed by atoms with Crippen LogP contribution in [0, 0.1) is 0 Å². The van der Waals surface area contributed by atoms with E-state index in [4.69, 9.17) is 4.74 Å². The summed E-state index contributed by atoms with van der Waals surface area (Å²) in [6.45, 7) is 0. The summed E-state index contributed by atoms with van der Waals surface area (Å²) in [6.07, 6.45) is 0. The van der Waals surface area contributed by atoms with E-state index in [9.17, 15) is 0 Å². The molecule has 0 radical (unpaired) electrons. The van der Waals surface area contributed by atoms with Crippen LogP contribution in [0.1, 0.15) is 22.3 Å². The predicted molar refractivity (Wildman–Crippen MR) is 242 cm³/mol. The highest BCUT2D eigenvalue weighted by atomic mass is 28.3. The van der Waals surface area contributed by atoms with E-state index >= 15 is 0 Å². The molecule has 3 heterocycles. The molecule has 2 aliphatic rings. The van der Waals surface area contributed by atoms with Crippen molar-refractivity contribution in [2.45, 2.75) is 5.41 Å². The van der Waals surface area contributed by atoms with Crippen LogP contribution in [0.4, 0.5) is 0 Å². The molecule has 272 valence electrons. The number of rotatable bonds is 4. The average Bonchev–Trinajstić information content (AvgIpc) is 3.64. The van der Waals surface area contributed by atoms with Crippen molar-refractivity contribution in [1.29, 1.82) is 0 Å². The van der Waals surface area contributed by atoms with Crippen molar-refractivity contribution < 1.29 is 4.74 Å². The number of hydrogen-bond donors (Lipinski definition) is 0. The molecule has 10 aromatic rings. The van der Waals surface area contributed by atoms with Gasteiger partial charge in [-0.25, -0.2) is 0 Å². The molecule has 0 N–H and O–H groups in total. The van der Waals surface area contributed by atoms with Crippen LogP contribution in [0.5, 0.6) is 11.5 Å². The number of para-hydroxylation sites is 3. The van der Waals surface area contributed by atoms with Gasteiger partial charge in [0.2, 0.25) is 0 Å². The summed E-state index contributed by atoms with van der Waals surface area (Å²) < 4.78 is 9.29. The van der Waals surface area contributed by atoms with Gasteiger partial charge >= 0.3 is 0 Å². The lowest BCUT2D eigenvalue weighted by Gasteiger charge is -2.51. The summed E-state index contributed by atoms with van der Waals surface area (Å²) in [5.74, 6) is 1.79. The van der Waals surface area contributed by atoms with E-state index in [0.717, 1.165) is 28.3 Å². The van der Waals surface area contributed by atoms with E-state index in [1.54, 1.807) is 0 Å². The SMILES string of the molecule is c1ccc([Si]2(c3ccccc3)c3ccccc3C3(c4ccccc4Oc4ccc(-c5ccc(-n6c7ccccc7c7ccccc76)cc5)cc43)c3ccccc32)cc1. The molecule has 0 unspecified atom stereocenters. The minimum Gasteiger partial charge on any atom is -0.457 e. The smallest absolute Gasteiger partial charge is 0.180 e. The molecule has 0 fully saturated rings. The van der Waals surface area contributed by atoms with Gasteiger partial charge in [-0.2, -0.15) is 0 Å². The minimum absolute atomic E-state index is 0.629. The van der Waals surface area contributed by atoms with Gasteiger partial charge in [0.15, 0.2) is 8.07 Å². The van der Waals surface area contributed by atoms with Gasteiger partial charge in [0.25, 0.3) is 0 Å². The fourth-order valence-electron chi connectivity index (χ4n) is 10.5. The fourth-order valence-corrected chi connectivity index (χ4v) is 15.8. The van der Waals surface area contributed by atoms with Gasteiger partial charge in [0.1, 0.15) is 11.5 Å². The summed E-state index contributed by atoms with van der Waals surface area (Å²) in [7, 11) is -2.82. The first kappa shape index (κ1) is 33.0. The Morgan fingerprint density at radius 3 is 1.43 bits per heavy atom. The van der Waals surface area contributed by atoms with Crippen molar-refractivity contribution in [3.63, 3.8) is 0 Å². The molecule has 2 nitrogen and oxygen atoms in total. The largest absolute Gasteiger partial charge is 0.457 e. The van der Waals surface area contributed by atoms with E-state index in [0.29, 0.717) is 0 Å². The van der Waals surface area contributed by atoms with E-state index in [-0.39, 0.29) is 0 Å². The number of aromatic nitrogens is 1. The Morgan fingerprint density at radius 1 is 0.362 bits per heavy atom. The highest BCUT2D eigenvalue weighted by Crippen LogP contribution is 2.56. The molecule has 2 aliphatic heterocycles. The lowest BCUT2D eigenvalue weighted by atomic mass is 9.63. The second kappa shape index (κ2) is 12.7. The molecule has 0 bridgehead atoms. The van der Waals surface area contributed by atoms with E-state index < -0.39 is 13.5 Å². The summed E-state index contributed by atoms with van der Waals surface area (Å²) in [5, 5.41) is 8.12. The van der Waals surface area contributed by atoms with Crippen molar-refractivity contribution in [3.05, 3.63) is 247 Å². The number of fused-ring (bicyclic) bond motifs is 11. The third-order valence-corrected chi connectivity index (χ3v) is 17.7. The van der Waals surface area contributed by atoms with Gasteiger partial charge in [-0.05, 0) is 85.5 Å². The highest BCUT2D eigenvalue weighted by Gasteiger charge is 2.57. The zero-order chi connectivity index (χ0) is 38.3. The van der Waals surface area contributed by atoms with Gasteiger partial charge in [-0.1, -0.05) is 182 Å². The van der Waals surface area contributed by atoms with E-state index in [1.165, 1.54) is 64.8 Å². The lowest BCUT2D eigenvalue weighted by Crippen LogP contribution is -2.79. The van der Waals surface area contributed by atoms with Crippen molar-refractivity contribution in [1.82, 2.24) is 4.57 Å². The fraction of sp³-hybridized carbons (Fsp3) is 0.0182. The molecule has 3 heteroatoms. The molecule has 0 saturated carbocycles. The van der Waals surface area contributed by atoms with Crippen molar-refractivity contribution in [2.75, 3.05) is 0 Å². The Labute approximate surface area is 338 Å². The van der Waals surface area contributed by atoms with E-state index in [2.05, 4.69) is 229 Å². The maximum atomic E-state index is 6.91. The van der Waals surface area contributed by atoms with Crippen LogP contribution in [-0.2, 0) is 5.41 Å². The molecule has 58 heavy (non-hydrogen) atoms. The predicted octanol–water partition coefficient (Wildman–Crippen LogP) is 10.6. The average molecular weight is 756 g/mol. The van der Waals surface area contributed by atoms with E-state index in [1.807, 2.05) is 0 Å². The molecule has 12 rings (SSSR count). The van der Waals surface area contributed by atoms with Crippen molar-refractivity contribution in [2.24, 2.45) is 0 Å². The standard InChI is InChI=1S/C55H37NOSi/c1-3-17-41(18-4-1)58(42-19-5-2-6-20-42)53-29-15-10-24-46(53)55(47-25-11-16-30-54(47)58)45-23-9-14-28-51(45)57-52-36-33-39(37-48(52)55)38-31-34-40(35-32-38)56-49-26-12-7-21-43(49)44-22-8-13-27-50(44)56/h1-37H. The van der Waals surface area contributed by atoms with Crippen LogP contribution in [-0.4, -0.2) is 12.6 Å². The third-order valence-electron chi connectivity index (χ3n) is 12.8. The molecule has 9 aromatic carbocycles. The Balaban J connectivity index is 1.11. The maximum Gasteiger partial charge on any atom is 0.180 e. The summed E-state index contributed by atoms with van der Waals surface area (Å²) >= 11 is 0. The molecule has 0 aliphatic carbocycles. The molecule has 0 atom stereocenters. The number of ether oxygens (including phenoxy) is 1. The molecular weight excluding hydrogens is 719 g/mol. The Morgan fingerprint density at radius 2 is 0.828 bits per heavy atom. The van der Waals surface area contributed by atoms with Crippen LogP contribution < -0.4 is 25.5 Å². The molecule has 0 amide bonds. The second-order valence-electron chi connectivity index (χ2n) is 15.5. The maximum absolute atomic E-state index is 6.91. The first-order valence-electron chi connectivity index (χ1n) is 20.1. The van der Waals surface area contributed by atoms with Crippen LogP contribution in [0.3, 0.4) is 0 Å². The summed E-state index contributed by atoms with van der Waals surface area (Å²) in [6, 6.07) is 83.2. The van der Waals surface area contributed by atoms with Crippen molar-refractivity contribution in [3.8, 4) is 28.3 Å². The Hall–Kier alpha value is -7.20. The molecule has 0 saturated heterocycles. The van der Waals surface area contributed by atoms with Crippen LogP contribution in [0.2, 0.25) is 0 Å². The Bertz CT molecular complexity index is 3060. The Kier molecular flexibility index (Phi) is 7.20. The summed E-state index contributed by atoms with van der Waals surface area (Å²) in [5.41, 5.74) is 10.2. The number of hydrogen-bond acceptors (Lipinski definition) is 1. The van der Waals surface area contributed by atoms with Crippen LogP contribution in [0.15, 0.2) is 224 Å². The normalized spacial score (nSPS) is 14.3. The molecular formula is C55H37NOSi. The topological polar surface area (TPSA) is 14.2 Å². The van der Waals surface area contributed by atoms with Gasteiger partial charge in [0, 0.05) is 27.6 Å². The molecule has 1 aromatic heterocycles. The number of nitrogens with zero attached hydrogens (tertiary/aromatic N) is 1. The summed E-state index contributed by atoms with van der Waals surface area (Å²) in [4.78, 5) is 0. The zero-order valence-corrected chi connectivity index (χ0v) is 32.7. The first-order chi connectivity index (χ1) is 28.8.